The predicted molar refractivity (Wildman–Crippen MR) is 113 cm³/mol. The number of carbonyl (C=O) groups excluding carboxylic acids is 1. The van der Waals surface area contributed by atoms with Gasteiger partial charge in [-0.1, -0.05) is 12.1 Å². The van der Waals surface area contributed by atoms with Gasteiger partial charge in [0.1, 0.15) is 23.7 Å². The number of benzene rings is 2. The molecule has 4 rings (SSSR count). The van der Waals surface area contributed by atoms with Crippen molar-refractivity contribution in [2.24, 2.45) is 7.05 Å². The van der Waals surface area contributed by atoms with Crippen molar-refractivity contribution in [2.45, 2.75) is 6.61 Å². The number of rotatable bonds is 6. The average molecular weight is 439 g/mol. The Kier molecular flexibility index (Phi) is 6.18. The van der Waals surface area contributed by atoms with E-state index in [1.165, 1.54) is 24.3 Å². The van der Waals surface area contributed by atoms with Gasteiger partial charge >= 0.3 is 5.97 Å². The van der Waals surface area contributed by atoms with Crippen LogP contribution in [-0.2, 0) is 18.4 Å². The molecule has 1 aromatic heterocycles. The van der Waals surface area contributed by atoms with Crippen LogP contribution in [0.4, 0.5) is 4.39 Å². The zero-order valence-corrected chi connectivity index (χ0v) is 17.5. The molecule has 2 heterocycles. The fourth-order valence-electron chi connectivity index (χ4n) is 3.52. The van der Waals surface area contributed by atoms with Gasteiger partial charge in [-0.25, -0.2) is 9.18 Å². The molecule has 0 saturated carbocycles. The Balaban J connectivity index is 1.75. The van der Waals surface area contributed by atoms with Crippen molar-refractivity contribution in [1.82, 2.24) is 14.7 Å². The van der Waals surface area contributed by atoms with Crippen molar-refractivity contribution in [2.75, 3.05) is 26.3 Å². The highest BCUT2D eigenvalue weighted by Crippen LogP contribution is 2.32. The first-order valence-corrected chi connectivity index (χ1v) is 10.1. The Bertz CT molecular complexity index is 1140. The number of carboxylic acid groups (broad SMARTS) is 1. The van der Waals surface area contributed by atoms with Crippen molar-refractivity contribution in [1.29, 1.82) is 0 Å². The van der Waals surface area contributed by atoms with Crippen molar-refractivity contribution >= 4 is 11.9 Å². The maximum atomic E-state index is 13.3. The van der Waals surface area contributed by atoms with Crippen LogP contribution in [0.15, 0.2) is 48.8 Å². The van der Waals surface area contributed by atoms with Crippen molar-refractivity contribution < 1.29 is 28.6 Å². The van der Waals surface area contributed by atoms with Crippen LogP contribution in [0.3, 0.4) is 0 Å². The molecule has 1 aliphatic heterocycles. The monoisotopic (exact) mass is 439 g/mol. The number of morpholine rings is 1. The molecule has 1 amide bonds. The van der Waals surface area contributed by atoms with E-state index < -0.39 is 5.97 Å². The molecule has 0 aliphatic carbocycles. The summed E-state index contributed by atoms with van der Waals surface area (Å²) in [6, 6.07) is 8.62. The number of aromatic nitrogens is 2. The number of carboxylic acids is 1. The highest BCUT2D eigenvalue weighted by atomic mass is 19.1. The highest BCUT2D eigenvalue weighted by Gasteiger charge is 2.26. The molecule has 0 atom stereocenters. The van der Waals surface area contributed by atoms with Gasteiger partial charge in [-0.15, -0.1) is 0 Å². The average Bonchev–Trinajstić information content (AvgIpc) is 3.24. The second-order valence-corrected chi connectivity index (χ2v) is 7.42. The number of aromatic carboxylic acids is 1. The minimum Gasteiger partial charge on any atom is -0.488 e. The summed E-state index contributed by atoms with van der Waals surface area (Å²) in [6.07, 6.45) is 3.30. The number of halogens is 1. The first-order valence-electron chi connectivity index (χ1n) is 10.1. The van der Waals surface area contributed by atoms with Crippen molar-refractivity contribution in [3.05, 3.63) is 71.3 Å². The van der Waals surface area contributed by atoms with E-state index in [1.807, 2.05) is 0 Å². The molecule has 1 saturated heterocycles. The van der Waals surface area contributed by atoms with E-state index >= 15 is 0 Å². The van der Waals surface area contributed by atoms with E-state index in [-0.39, 0.29) is 29.6 Å². The lowest BCUT2D eigenvalue weighted by molar-refractivity contribution is 0.0303. The minimum atomic E-state index is -1.19. The van der Waals surface area contributed by atoms with Gasteiger partial charge in [0.25, 0.3) is 5.91 Å². The Labute approximate surface area is 183 Å². The molecule has 166 valence electrons. The first kappa shape index (κ1) is 21.5. The predicted octanol–water partition coefficient (Wildman–Crippen LogP) is 2.98. The summed E-state index contributed by atoms with van der Waals surface area (Å²) >= 11 is 0. The van der Waals surface area contributed by atoms with E-state index in [2.05, 4.69) is 5.10 Å². The lowest BCUT2D eigenvalue weighted by atomic mass is 9.97. The summed E-state index contributed by atoms with van der Waals surface area (Å²) in [5, 5.41) is 13.9. The molecule has 1 aliphatic rings. The van der Waals surface area contributed by atoms with E-state index in [4.69, 9.17) is 9.47 Å². The van der Waals surface area contributed by atoms with Gasteiger partial charge in [0, 0.05) is 31.9 Å². The van der Waals surface area contributed by atoms with Crippen LogP contribution in [0.5, 0.6) is 5.75 Å². The summed E-state index contributed by atoms with van der Waals surface area (Å²) in [5.41, 5.74) is 1.99. The van der Waals surface area contributed by atoms with Gasteiger partial charge in [0.15, 0.2) is 0 Å². The van der Waals surface area contributed by atoms with Crippen molar-refractivity contribution in [3.63, 3.8) is 0 Å². The summed E-state index contributed by atoms with van der Waals surface area (Å²) < 4.78 is 25.9. The van der Waals surface area contributed by atoms with E-state index in [9.17, 15) is 19.1 Å². The van der Waals surface area contributed by atoms with Gasteiger partial charge in [0.05, 0.1) is 25.0 Å². The number of nitrogens with zero attached hydrogens (tertiary/aromatic N) is 3. The smallest absolute Gasteiger partial charge is 0.339 e. The number of amides is 1. The molecule has 0 radical (unpaired) electrons. The van der Waals surface area contributed by atoms with Crippen LogP contribution >= 0.6 is 0 Å². The number of aryl methyl sites for hydroxylation is 1. The van der Waals surface area contributed by atoms with Gasteiger partial charge in [-0.2, -0.15) is 5.10 Å². The zero-order chi connectivity index (χ0) is 22.7. The summed E-state index contributed by atoms with van der Waals surface area (Å²) in [7, 11) is 1.74. The Morgan fingerprint density at radius 1 is 1.16 bits per heavy atom. The largest absolute Gasteiger partial charge is 0.488 e. The first-order chi connectivity index (χ1) is 15.4. The molecule has 1 N–H and O–H groups in total. The van der Waals surface area contributed by atoms with E-state index in [1.54, 1.807) is 41.2 Å². The summed E-state index contributed by atoms with van der Waals surface area (Å²) in [4.78, 5) is 27.0. The summed E-state index contributed by atoms with van der Waals surface area (Å²) in [5.74, 6) is -1.74. The Hall–Kier alpha value is -3.72. The Morgan fingerprint density at radius 2 is 1.88 bits per heavy atom. The second kappa shape index (κ2) is 9.19. The molecule has 32 heavy (non-hydrogen) atoms. The third-order valence-corrected chi connectivity index (χ3v) is 5.20. The molecule has 2 aromatic carbocycles. The van der Waals surface area contributed by atoms with Crippen LogP contribution in [0, 0.1) is 5.82 Å². The summed E-state index contributed by atoms with van der Waals surface area (Å²) in [6.45, 7) is 1.79. The van der Waals surface area contributed by atoms with Gasteiger partial charge in [0.2, 0.25) is 0 Å². The molecule has 3 aromatic rings. The topological polar surface area (TPSA) is 93.9 Å². The number of carbonyl (C=O) groups is 2. The molecule has 1 fully saturated rings. The van der Waals surface area contributed by atoms with E-state index in [0.29, 0.717) is 48.6 Å². The zero-order valence-electron chi connectivity index (χ0n) is 17.5. The van der Waals surface area contributed by atoms with Gasteiger partial charge < -0.3 is 19.5 Å². The quantitative estimate of drug-likeness (QED) is 0.635. The Morgan fingerprint density at radius 3 is 2.50 bits per heavy atom. The minimum absolute atomic E-state index is 0.0258. The molecular weight excluding hydrogens is 417 g/mol. The maximum absolute atomic E-state index is 13.3. The third kappa shape index (κ3) is 4.62. The molecule has 0 unspecified atom stereocenters. The lowest BCUT2D eigenvalue weighted by Gasteiger charge is -2.28. The number of hydrogen-bond donors (Lipinski definition) is 1. The van der Waals surface area contributed by atoms with Crippen LogP contribution in [0.1, 0.15) is 26.3 Å². The number of hydrogen-bond acceptors (Lipinski definition) is 5. The third-order valence-electron chi connectivity index (χ3n) is 5.20. The normalized spacial score (nSPS) is 13.8. The van der Waals surface area contributed by atoms with Crippen molar-refractivity contribution in [3.8, 4) is 16.9 Å². The molecule has 0 spiro atoms. The fourth-order valence-corrected chi connectivity index (χ4v) is 3.52. The fraction of sp³-hybridized carbons (Fsp3) is 0.261. The standard InChI is InChI=1S/C23H22FN3O5/c1-26-13-16(12-25-26)18-10-20(23(29)30)21(32-14-15-2-4-17(24)5-3-15)11-19(18)22(28)27-6-8-31-9-7-27/h2-5,10-13H,6-9,14H2,1H3,(H,29,30). The molecular formula is C23H22FN3O5. The van der Waals surface area contributed by atoms with Gasteiger partial charge in [-0.05, 0) is 35.4 Å². The maximum Gasteiger partial charge on any atom is 0.339 e. The van der Waals surface area contributed by atoms with E-state index in [0.717, 1.165) is 0 Å². The lowest BCUT2D eigenvalue weighted by Crippen LogP contribution is -2.40. The van der Waals surface area contributed by atoms with Crippen LogP contribution in [0.2, 0.25) is 0 Å². The SMILES string of the molecule is Cn1cc(-c2cc(C(=O)O)c(OCc3ccc(F)cc3)cc2C(=O)N2CCOCC2)cn1. The number of ether oxygens (including phenoxy) is 2. The van der Waals surface area contributed by atoms with Crippen LogP contribution < -0.4 is 4.74 Å². The highest BCUT2D eigenvalue weighted by molar-refractivity contribution is 6.04. The molecule has 0 bridgehead atoms. The second-order valence-electron chi connectivity index (χ2n) is 7.42. The van der Waals surface area contributed by atoms with Crippen LogP contribution in [0.25, 0.3) is 11.1 Å². The molecule has 8 nitrogen and oxygen atoms in total. The van der Waals surface area contributed by atoms with Gasteiger partial charge in [-0.3, -0.25) is 9.48 Å². The van der Waals surface area contributed by atoms with Crippen LogP contribution in [-0.4, -0.2) is 58.0 Å². The molecule has 9 heteroatoms.